The van der Waals surface area contributed by atoms with Crippen LogP contribution in [0.25, 0.3) is 10.9 Å². The zero-order chi connectivity index (χ0) is 10.8. The Balaban J connectivity index is 2.52. The number of hydrogen-bond acceptors (Lipinski definition) is 3. The lowest BCUT2D eigenvalue weighted by Crippen LogP contribution is -2.11. The van der Waals surface area contributed by atoms with E-state index >= 15 is 0 Å². The molecule has 15 heavy (non-hydrogen) atoms. The molecule has 0 fully saturated rings. The van der Waals surface area contributed by atoms with Crippen molar-refractivity contribution in [3.8, 4) is 0 Å². The number of nitrogens with zero attached hydrogens (tertiary/aromatic N) is 1. The third-order valence-corrected chi connectivity index (χ3v) is 2.46. The van der Waals surface area contributed by atoms with E-state index in [4.69, 9.17) is 5.73 Å². The predicted octanol–water partition coefficient (Wildman–Crippen LogP) is 1.54. The van der Waals surface area contributed by atoms with E-state index < -0.39 is 6.10 Å². The minimum absolute atomic E-state index is 0.241. The van der Waals surface area contributed by atoms with Crippen LogP contribution in [0.3, 0.4) is 0 Å². The van der Waals surface area contributed by atoms with Gasteiger partial charge in [-0.2, -0.15) is 0 Å². The van der Waals surface area contributed by atoms with Gasteiger partial charge in [0.25, 0.3) is 0 Å². The Bertz CT molecular complexity index is 482. The summed E-state index contributed by atoms with van der Waals surface area (Å²) in [6.45, 7) is 2.20. The molecule has 3 nitrogen and oxygen atoms in total. The highest BCUT2D eigenvalue weighted by atomic mass is 16.3. The molecular formula is C12H14N2O. The molecule has 1 heterocycles. The number of rotatable bonds is 2. The first-order valence-electron chi connectivity index (χ1n) is 4.96. The van der Waals surface area contributed by atoms with E-state index in [1.165, 1.54) is 0 Å². The molecule has 0 radical (unpaired) electrons. The van der Waals surface area contributed by atoms with Crippen LogP contribution < -0.4 is 5.73 Å². The van der Waals surface area contributed by atoms with Crippen LogP contribution in [0.5, 0.6) is 0 Å². The molecule has 1 aromatic carbocycles. The van der Waals surface area contributed by atoms with Crippen LogP contribution >= 0.6 is 0 Å². The highest BCUT2D eigenvalue weighted by Gasteiger charge is 2.05. The zero-order valence-electron chi connectivity index (χ0n) is 8.64. The van der Waals surface area contributed by atoms with Gasteiger partial charge in [-0.1, -0.05) is 12.1 Å². The summed E-state index contributed by atoms with van der Waals surface area (Å²) in [5.41, 5.74) is 8.19. The third-order valence-electron chi connectivity index (χ3n) is 2.46. The summed E-state index contributed by atoms with van der Waals surface area (Å²) in [6.07, 6.45) is -0.587. The maximum absolute atomic E-state index is 9.60. The molecule has 0 saturated heterocycles. The largest absolute Gasteiger partial charge is 0.387 e. The average molecular weight is 202 g/mol. The topological polar surface area (TPSA) is 59.1 Å². The molecule has 0 aliphatic rings. The zero-order valence-corrected chi connectivity index (χ0v) is 8.64. The lowest BCUT2D eigenvalue weighted by molar-refractivity contribution is 0.187. The van der Waals surface area contributed by atoms with Crippen molar-refractivity contribution in [3.63, 3.8) is 0 Å². The van der Waals surface area contributed by atoms with Gasteiger partial charge in [-0.15, -0.1) is 0 Å². The smallest absolute Gasteiger partial charge is 0.0912 e. The molecular weight excluding hydrogens is 188 g/mol. The van der Waals surface area contributed by atoms with E-state index in [0.29, 0.717) is 0 Å². The monoisotopic (exact) mass is 202 g/mol. The van der Waals surface area contributed by atoms with Crippen LogP contribution in [-0.2, 0) is 0 Å². The number of aryl methyl sites for hydroxylation is 1. The van der Waals surface area contributed by atoms with Gasteiger partial charge in [0, 0.05) is 17.6 Å². The fraction of sp³-hybridized carbons (Fsp3) is 0.250. The SMILES string of the molecule is Cc1ccc2cc([C@@H](O)CN)ccc2n1. The first-order chi connectivity index (χ1) is 7.20. The molecule has 2 aromatic rings. The number of aromatic nitrogens is 1. The molecule has 3 N–H and O–H groups in total. The predicted molar refractivity (Wildman–Crippen MR) is 60.5 cm³/mol. The number of pyridine rings is 1. The standard InChI is InChI=1S/C12H14N2O/c1-8-2-3-9-6-10(12(15)7-13)4-5-11(9)14-8/h2-6,12,15H,7,13H2,1H3/t12-/m0/s1. The van der Waals surface area contributed by atoms with Gasteiger partial charge in [0.1, 0.15) is 0 Å². The molecule has 0 aliphatic heterocycles. The maximum atomic E-state index is 9.60. The Kier molecular flexibility index (Phi) is 2.66. The number of fused-ring (bicyclic) bond motifs is 1. The molecule has 78 valence electrons. The Morgan fingerprint density at radius 3 is 2.87 bits per heavy atom. The van der Waals surface area contributed by atoms with Gasteiger partial charge >= 0.3 is 0 Å². The molecule has 0 unspecified atom stereocenters. The summed E-state index contributed by atoms with van der Waals surface area (Å²) in [5, 5.41) is 10.6. The molecule has 0 aliphatic carbocycles. The molecule has 0 saturated carbocycles. The van der Waals surface area contributed by atoms with E-state index in [-0.39, 0.29) is 6.54 Å². The van der Waals surface area contributed by atoms with E-state index in [0.717, 1.165) is 22.2 Å². The summed E-state index contributed by atoms with van der Waals surface area (Å²) in [4.78, 5) is 4.39. The number of aliphatic hydroxyl groups excluding tert-OH is 1. The van der Waals surface area contributed by atoms with Gasteiger partial charge < -0.3 is 10.8 Å². The fourth-order valence-electron chi connectivity index (χ4n) is 1.59. The highest BCUT2D eigenvalue weighted by molar-refractivity contribution is 5.79. The Morgan fingerprint density at radius 2 is 2.13 bits per heavy atom. The van der Waals surface area contributed by atoms with Gasteiger partial charge in [0.2, 0.25) is 0 Å². The van der Waals surface area contributed by atoms with E-state index in [1.54, 1.807) is 0 Å². The normalized spacial score (nSPS) is 13.0. The van der Waals surface area contributed by atoms with Gasteiger partial charge in [-0.05, 0) is 30.7 Å². The van der Waals surface area contributed by atoms with Gasteiger partial charge in [0.05, 0.1) is 11.6 Å². The van der Waals surface area contributed by atoms with Gasteiger partial charge in [-0.25, -0.2) is 0 Å². The summed E-state index contributed by atoms with van der Waals surface area (Å²) in [6, 6.07) is 9.67. The molecule has 3 heteroatoms. The van der Waals surface area contributed by atoms with Crippen molar-refractivity contribution in [3.05, 3.63) is 41.6 Å². The van der Waals surface area contributed by atoms with Gasteiger partial charge in [-0.3, -0.25) is 4.98 Å². The van der Waals surface area contributed by atoms with Crippen molar-refractivity contribution in [1.82, 2.24) is 4.98 Å². The second-order valence-corrected chi connectivity index (χ2v) is 3.66. The van der Waals surface area contributed by atoms with Crippen molar-refractivity contribution in [2.75, 3.05) is 6.54 Å². The van der Waals surface area contributed by atoms with Crippen molar-refractivity contribution < 1.29 is 5.11 Å². The Morgan fingerprint density at radius 1 is 1.33 bits per heavy atom. The van der Waals surface area contributed by atoms with Crippen molar-refractivity contribution in [2.45, 2.75) is 13.0 Å². The van der Waals surface area contributed by atoms with Crippen LogP contribution in [0.4, 0.5) is 0 Å². The minimum atomic E-state index is -0.587. The van der Waals surface area contributed by atoms with E-state index in [1.807, 2.05) is 37.3 Å². The second-order valence-electron chi connectivity index (χ2n) is 3.66. The molecule has 0 amide bonds. The molecule has 1 aromatic heterocycles. The second kappa shape index (κ2) is 3.96. The number of nitrogens with two attached hydrogens (primary N) is 1. The summed E-state index contributed by atoms with van der Waals surface area (Å²) >= 11 is 0. The van der Waals surface area contributed by atoms with Crippen LogP contribution in [0.1, 0.15) is 17.4 Å². The van der Waals surface area contributed by atoms with Crippen molar-refractivity contribution >= 4 is 10.9 Å². The quantitative estimate of drug-likeness (QED) is 0.776. The summed E-state index contributed by atoms with van der Waals surface area (Å²) < 4.78 is 0. The van der Waals surface area contributed by atoms with E-state index in [9.17, 15) is 5.11 Å². The Hall–Kier alpha value is -1.45. The van der Waals surface area contributed by atoms with Crippen molar-refractivity contribution in [1.29, 1.82) is 0 Å². The Labute approximate surface area is 88.6 Å². The lowest BCUT2D eigenvalue weighted by atomic mass is 10.1. The molecule has 2 rings (SSSR count). The number of hydrogen-bond donors (Lipinski definition) is 2. The molecule has 1 atom stereocenters. The number of benzene rings is 1. The highest BCUT2D eigenvalue weighted by Crippen LogP contribution is 2.18. The van der Waals surface area contributed by atoms with Crippen LogP contribution in [0.2, 0.25) is 0 Å². The number of aliphatic hydroxyl groups is 1. The molecule has 0 bridgehead atoms. The van der Waals surface area contributed by atoms with E-state index in [2.05, 4.69) is 4.98 Å². The maximum Gasteiger partial charge on any atom is 0.0912 e. The summed E-state index contributed by atoms with van der Waals surface area (Å²) in [7, 11) is 0. The third kappa shape index (κ3) is 1.98. The molecule has 0 spiro atoms. The lowest BCUT2D eigenvalue weighted by Gasteiger charge is -2.08. The van der Waals surface area contributed by atoms with Crippen molar-refractivity contribution in [2.24, 2.45) is 5.73 Å². The average Bonchev–Trinajstić information content (AvgIpc) is 2.27. The minimum Gasteiger partial charge on any atom is -0.387 e. The first kappa shape index (κ1) is 10.1. The van der Waals surface area contributed by atoms with Crippen LogP contribution in [0.15, 0.2) is 30.3 Å². The fourth-order valence-corrected chi connectivity index (χ4v) is 1.59. The first-order valence-corrected chi connectivity index (χ1v) is 4.96. The van der Waals surface area contributed by atoms with Crippen LogP contribution in [-0.4, -0.2) is 16.6 Å². The summed E-state index contributed by atoms with van der Waals surface area (Å²) in [5.74, 6) is 0. The van der Waals surface area contributed by atoms with Crippen LogP contribution in [0, 0.1) is 6.92 Å². The van der Waals surface area contributed by atoms with Gasteiger partial charge in [0.15, 0.2) is 0 Å².